The normalized spacial score (nSPS) is 17.9. The van der Waals surface area contributed by atoms with Crippen LogP contribution in [0.4, 0.5) is 0 Å². The van der Waals surface area contributed by atoms with E-state index < -0.39 is 42.0 Å². The number of rotatable bonds is 9. The van der Waals surface area contributed by atoms with E-state index in [1.54, 1.807) is 31.2 Å². The number of hydrogen-bond acceptors (Lipinski definition) is 6. The molecule has 1 aliphatic rings. The van der Waals surface area contributed by atoms with Crippen LogP contribution in [0.25, 0.3) is 0 Å². The first-order chi connectivity index (χ1) is 20.0. The molecular weight excluding hydrogens is 579 g/mol. The summed E-state index contributed by atoms with van der Waals surface area (Å²) in [7, 11) is 0. The summed E-state index contributed by atoms with van der Waals surface area (Å²) in [5.41, 5.74) is 9.03. The fraction of sp³-hybridized carbons (Fsp3) is 0.323. The molecule has 0 radical (unpaired) electrons. The summed E-state index contributed by atoms with van der Waals surface area (Å²) in [5, 5.41) is 27.9. The van der Waals surface area contributed by atoms with Crippen LogP contribution < -0.4 is 16.4 Å². The number of benzene rings is 3. The first-order valence-corrected chi connectivity index (χ1v) is 14.3. The number of aryl methyl sites for hydroxylation is 1. The number of nitrogens with zero attached hydrogens (tertiary/aromatic N) is 1. The molecule has 1 saturated heterocycles. The zero-order chi connectivity index (χ0) is 30.6. The molecule has 0 bridgehead atoms. The number of aliphatic hydroxyl groups is 1. The van der Waals surface area contributed by atoms with Gasteiger partial charge in [0.25, 0.3) is 11.8 Å². The molecule has 1 heterocycles. The van der Waals surface area contributed by atoms with Crippen molar-refractivity contribution in [1.82, 2.24) is 15.5 Å². The average Bonchev–Trinajstić information content (AvgIpc) is 3.34. The van der Waals surface area contributed by atoms with Gasteiger partial charge in [0.15, 0.2) is 6.10 Å². The predicted octanol–water partition coefficient (Wildman–Crippen LogP) is 3.26. The first-order valence-electron chi connectivity index (χ1n) is 13.6. The monoisotopic (exact) mass is 612 g/mol. The van der Waals surface area contributed by atoms with Gasteiger partial charge < -0.3 is 31.5 Å². The highest BCUT2D eigenvalue weighted by atomic mass is 35.5. The molecule has 42 heavy (non-hydrogen) atoms. The van der Waals surface area contributed by atoms with Crippen molar-refractivity contribution < 1.29 is 24.6 Å². The maximum atomic E-state index is 13.7. The summed E-state index contributed by atoms with van der Waals surface area (Å²) >= 11 is 12.4. The molecule has 3 aromatic rings. The van der Waals surface area contributed by atoms with Crippen LogP contribution in [0.2, 0.25) is 10.0 Å². The van der Waals surface area contributed by atoms with Crippen LogP contribution in [0.1, 0.15) is 39.0 Å². The molecule has 0 aliphatic carbocycles. The van der Waals surface area contributed by atoms with Gasteiger partial charge in [-0.1, -0.05) is 59.6 Å². The largest absolute Gasteiger partial charge is 0.508 e. The third-order valence-corrected chi connectivity index (χ3v) is 8.10. The number of carbonyl (C=O) groups excluding carboxylic acids is 3. The molecule has 9 nitrogen and oxygen atoms in total. The highest BCUT2D eigenvalue weighted by molar-refractivity contribution is 6.35. The molecule has 6 N–H and O–H groups in total. The van der Waals surface area contributed by atoms with Gasteiger partial charge in [-0.3, -0.25) is 14.4 Å². The number of aromatic hydroxyl groups is 1. The zero-order valence-electron chi connectivity index (χ0n) is 23.3. The van der Waals surface area contributed by atoms with Crippen molar-refractivity contribution in [1.29, 1.82) is 0 Å². The second kappa shape index (κ2) is 13.6. The van der Waals surface area contributed by atoms with Crippen molar-refractivity contribution in [3.05, 3.63) is 98.5 Å². The second-order valence-electron chi connectivity index (χ2n) is 10.6. The lowest BCUT2D eigenvalue weighted by Gasteiger charge is -2.30. The quantitative estimate of drug-likeness (QED) is 0.251. The Bertz CT molecular complexity index is 1450. The molecule has 3 amide bonds. The van der Waals surface area contributed by atoms with Gasteiger partial charge in [-0.05, 0) is 67.6 Å². The molecule has 0 spiro atoms. The molecule has 1 fully saturated rings. The minimum Gasteiger partial charge on any atom is -0.508 e. The zero-order valence-corrected chi connectivity index (χ0v) is 24.8. The molecule has 3 aromatic carbocycles. The van der Waals surface area contributed by atoms with Crippen molar-refractivity contribution in [2.75, 3.05) is 6.54 Å². The number of amides is 3. The molecule has 0 unspecified atom stereocenters. The van der Waals surface area contributed by atoms with Crippen molar-refractivity contribution in [3.63, 3.8) is 0 Å². The van der Waals surface area contributed by atoms with Gasteiger partial charge in [-0.2, -0.15) is 0 Å². The number of nitrogens with one attached hydrogen (secondary N) is 2. The van der Waals surface area contributed by atoms with E-state index in [1.165, 1.54) is 11.0 Å². The van der Waals surface area contributed by atoms with E-state index in [4.69, 9.17) is 28.9 Å². The summed E-state index contributed by atoms with van der Waals surface area (Å²) in [6.45, 7) is 3.61. The van der Waals surface area contributed by atoms with E-state index in [9.17, 15) is 24.6 Å². The minimum absolute atomic E-state index is 0.0473. The summed E-state index contributed by atoms with van der Waals surface area (Å²) in [6.07, 6.45) is -1.33. The molecule has 1 aliphatic heterocycles. The average molecular weight is 614 g/mol. The standard InChI is InChI=1S/C31H34Cl2N4O5/c1-17-11-20(32)13-24(33)23(17)15-35-30(41)26-14-21(34)16-37(26)31(42)28(39)25(12-19-7-4-3-5-8-19)36-29(40)22-9-6-10-27(38)18(22)2/h3-11,13,21,25-26,28,38-39H,12,14-16,34H2,1-2H3,(H,35,41)(H,36,40)/t21-,25+,26+,28+/m1/s1. The van der Waals surface area contributed by atoms with E-state index in [0.717, 1.165) is 11.1 Å². The molecule has 0 saturated carbocycles. The lowest BCUT2D eigenvalue weighted by molar-refractivity contribution is -0.146. The molecule has 4 atom stereocenters. The maximum absolute atomic E-state index is 13.7. The van der Waals surface area contributed by atoms with Crippen LogP contribution >= 0.6 is 23.2 Å². The Morgan fingerprint density at radius 2 is 1.79 bits per heavy atom. The van der Waals surface area contributed by atoms with Crippen LogP contribution in [-0.4, -0.2) is 63.6 Å². The van der Waals surface area contributed by atoms with Crippen molar-refractivity contribution >= 4 is 40.9 Å². The SMILES string of the molecule is Cc1cc(Cl)cc(Cl)c1CNC(=O)[C@@H]1C[C@@H](N)CN1C(=O)[C@@H](O)[C@H](Cc1ccccc1)NC(=O)c1cccc(O)c1C. The van der Waals surface area contributed by atoms with E-state index in [0.29, 0.717) is 21.2 Å². The minimum atomic E-state index is -1.68. The third-order valence-electron chi connectivity index (χ3n) is 7.54. The number of aliphatic hydroxyl groups excluding tert-OH is 1. The molecule has 11 heteroatoms. The van der Waals surface area contributed by atoms with Gasteiger partial charge >= 0.3 is 0 Å². The second-order valence-corrected chi connectivity index (χ2v) is 11.4. The Labute approximate surface area is 254 Å². The highest BCUT2D eigenvalue weighted by Gasteiger charge is 2.42. The Hall–Kier alpha value is -3.63. The van der Waals surface area contributed by atoms with Crippen LogP contribution in [0.15, 0.2) is 60.7 Å². The summed E-state index contributed by atoms with van der Waals surface area (Å²) < 4.78 is 0. The molecular formula is C31H34Cl2N4O5. The van der Waals surface area contributed by atoms with Crippen LogP contribution in [0.3, 0.4) is 0 Å². The Morgan fingerprint density at radius 3 is 2.48 bits per heavy atom. The topological polar surface area (TPSA) is 145 Å². The lowest BCUT2D eigenvalue weighted by atomic mass is 9.98. The number of likely N-dealkylation sites (tertiary alicyclic amines) is 1. The van der Waals surface area contributed by atoms with Crippen molar-refractivity contribution in [2.45, 2.75) is 57.5 Å². The van der Waals surface area contributed by atoms with Gasteiger partial charge in [-0.25, -0.2) is 0 Å². The van der Waals surface area contributed by atoms with Crippen molar-refractivity contribution in [3.8, 4) is 5.75 Å². The summed E-state index contributed by atoms with van der Waals surface area (Å²) in [5.74, 6) is -1.77. The number of phenols is 1. The van der Waals surface area contributed by atoms with E-state index >= 15 is 0 Å². The summed E-state index contributed by atoms with van der Waals surface area (Å²) in [6, 6.07) is 14.6. The Kier molecular flexibility index (Phi) is 10.1. The predicted molar refractivity (Wildman–Crippen MR) is 161 cm³/mol. The third kappa shape index (κ3) is 7.22. The van der Waals surface area contributed by atoms with E-state index in [1.807, 2.05) is 37.3 Å². The van der Waals surface area contributed by atoms with Crippen LogP contribution in [0.5, 0.6) is 5.75 Å². The fourth-order valence-electron chi connectivity index (χ4n) is 5.18. The van der Waals surface area contributed by atoms with Gasteiger partial charge in [0.2, 0.25) is 5.91 Å². The van der Waals surface area contributed by atoms with Crippen molar-refractivity contribution in [2.24, 2.45) is 5.73 Å². The van der Waals surface area contributed by atoms with Gasteiger partial charge in [0.1, 0.15) is 11.8 Å². The summed E-state index contributed by atoms with van der Waals surface area (Å²) in [4.78, 5) is 41.5. The van der Waals surface area contributed by atoms with Crippen LogP contribution in [0, 0.1) is 13.8 Å². The highest BCUT2D eigenvalue weighted by Crippen LogP contribution is 2.26. The number of hydrogen-bond donors (Lipinski definition) is 5. The van der Waals surface area contributed by atoms with E-state index in [-0.39, 0.29) is 37.2 Å². The Balaban J connectivity index is 1.53. The number of nitrogens with two attached hydrogens (primary N) is 1. The maximum Gasteiger partial charge on any atom is 0.254 e. The van der Waals surface area contributed by atoms with Crippen LogP contribution in [-0.2, 0) is 22.6 Å². The molecule has 4 rings (SSSR count). The van der Waals surface area contributed by atoms with E-state index in [2.05, 4.69) is 10.6 Å². The number of phenolic OH excluding ortho intramolecular Hbond substituents is 1. The Morgan fingerprint density at radius 1 is 1.07 bits per heavy atom. The first kappa shape index (κ1) is 31.3. The fourth-order valence-corrected chi connectivity index (χ4v) is 5.84. The lowest BCUT2D eigenvalue weighted by Crippen LogP contribution is -2.56. The number of carbonyl (C=O) groups is 3. The van der Waals surface area contributed by atoms with Gasteiger partial charge in [0.05, 0.1) is 6.04 Å². The number of halogens is 2. The molecule has 222 valence electrons. The van der Waals surface area contributed by atoms with Gasteiger partial charge in [-0.15, -0.1) is 0 Å². The smallest absolute Gasteiger partial charge is 0.254 e. The molecule has 0 aromatic heterocycles. The van der Waals surface area contributed by atoms with Gasteiger partial charge in [0, 0.05) is 40.3 Å².